The predicted molar refractivity (Wildman–Crippen MR) is 112 cm³/mol. The molecule has 4 unspecified atom stereocenters. The molecular formula is C20H28IN3O2. The number of hydrogen-bond donors (Lipinski definition) is 2. The minimum absolute atomic E-state index is 0. The molecule has 4 aliphatic rings. The molecule has 6 heteroatoms. The summed E-state index contributed by atoms with van der Waals surface area (Å²) in [7, 11) is 1.86. The first kappa shape index (κ1) is 18.3. The number of aliphatic imine (C=N–C) groups is 1. The quantitative estimate of drug-likeness (QED) is 0.406. The Balaban J connectivity index is 0.00000168. The maximum Gasteiger partial charge on any atom is 0.191 e. The second-order valence-corrected chi connectivity index (χ2v) is 7.96. The van der Waals surface area contributed by atoms with Crippen LogP contribution in [0.2, 0.25) is 0 Å². The van der Waals surface area contributed by atoms with Crippen LogP contribution in [-0.4, -0.2) is 44.4 Å². The van der Waals surface area contributed by atoms with Crippen molar-refractivity contribution in [3.05, 3.63) is 29.8 Å². The summed E-state index contributed by atoms with van der Waals surface area (Å²) < 4.78 is 12.0. The second kappa shape index (κ2) is 7.19. The van der Waals surface area contributed by atoms with E-state index in [4.69, 9.17) is 9.47 Å². The molecule has 1 aromatic carbocycles. The maximum atomic E-state index is 6.02. The molecule has 2 aliphatic carbocycles. The highest BCUT2D eigenvalue weighted by Crippen LogP contribution is 2.62. The van der Waals surface area contributed by atoms with Gasteiger partial charge < -0.3 is 20.1 Å². The van der Waals surface area contributed by atoms with Crippen molar-refractivity contribution >= 4 is 29.9 Å². The van der Waals surface area contributed by atoms with Gasteiger partial charge >= 0.3 is 0 Å². The van der Waals surface area contributed by atoms with Crippen molar-refractivity contribution in [3.8, 4) is 5.75 Å². The first-order chi connectivity index (χ1) is 12.3. The number of halogens is 1. The number of ether oxygens (including phenoxy) is 2. The fraction of sp³-hybridized carbons (Fsp3) is 0.650. The lowest BCUT2D eigenvalue weighted by atomic mass is 9.46. The van der Waals surface area contributed by atoms with Crippen LogP contribution in [0.3, 0.4) is 0 Å². The van der Waals surface area contributed by atoms with Crippen molar-refractivity contribution in [2.45, 2.75) is 50.4 Å². The Morgan fingerprint density at radius 2 is 2.15 bits per heavy atom. The van der Waals surface area contributed by atoms with E-state index in [1.54, 1.807) is 0 Å². The first-order valence-electron chi connectivity index (χ1n) is 9.63. The van der Waals surface area contributed by atoms with Crippen LogP contribution in [0.5, 0.6) is 5.75 Å². The molecule has 1 aromatic rings. The number of benzene rings is 1. The zero-order chi connectivity index (χ0) is 16.9. The second-order valence-electron chi connectivity index (χ2n) is 7.96. The van der Waals surface area contributed by atoms with E-state index in [-0.39, 0.29) is 30.1 Å². The number of guanidine groups is 1. The van der Waals surface area contributed by atoms with Gasteiger partial charge in [0.15, 0.2) is 5.96 Å². The summed E-state index contributed by atoms with van der Waals surface area (Å²) in [6, 6.07) is 8.83. The van der Waals surface area contributed by atoms with Crippen LogP contribution in [0.4, 0.5) is 0 Å². The number of hydrogen-bond acceptors (Lipinski definition) is 3. The monoisotopic (exact) mass is 469 g/mol. The Morgan fingerprint density at radius 3 is 2.88 bits per heavy atom. The van der Waals surface area contributed by atoms with E-state index in [0.29, 0.717) is 23.5 Å². The lowest BCUT2D eigenvalue weighted by molar-refractivity contribution is -0.171. The highest BCUT2D eigenvalue weighted by atomic mass is 127. The Morgan fingerprint density at radius 1 is 1.31 bits per heavy atom. The third-order valence-corrected chi connectivity index (χ3v) is 6.76. The fourth-order valence-corrected chi connectivity index (χ4v) is 5.38. The topological polar surface area (TPSA) is 54.9 Å². The molecule has 142 valence electrons. The average molecular weight is 469 g/mol. The molecule has 2 saturated carbocycles. The van der Waals surface area contributed by atoms with E-state index < -0.39 is 0 Å². The summed E-state index contributed by atoms with van der Waals surface area (Å²) in [5, 5.41) is 7.20. The Kier molecular flexibility index (Phi) is 5.07. The molecule has 5 nitrogen and oxygen atoms in total. The van der Waals surface area contributed by atoms with Gasteiger partial charge in [0, 0.05) is 37.5 Å². The van der Waals surface area contributed by atoms with E-state index in [9.17, 15) is 0 Å². The van der Waals surface area contributed by atoms with E-state index in [2.05, 4.69) is 33.8 Å². The lowest BCUT2D eigenvalue weighted by Gasteiger charge is -2.63. The summed E-state index contributed by atoms with van der Waals surface area (Å²) in [6.45, 7) is 1.70. The van der Waals surface area contributed by atoms with Gasteiger partial charge in [-0.1, -0.05) is 24.6 Å². The molecular weight excluding hydrogens is 441 g/mol. The van der Waals surface area contributed by atoms with Crippen LogP contribution in [0, 0.1) is 11.3 Å². The number of fused-ring (bicyclic) bond motifs is 3. The van der Waals surface area contributed by atoms with Gasteiger partial charge in [-0.3, -0.25) is 4.99 Å². The summed E-state index contributed by atoms with van der Waals surface area (Å²) >= 11 is 0. The van der Waals surface area contributed by atoms with Crippen LogP contribution < -0.4 is 15.4 Å². The smallest absolute Gasteiger partial charge is 0.191 e. The van der Waals surface area contributed by atoms with E-state index in [1.165, 1.54) is 31.2 Å². The van der Waals surface area contributed by atoms with Gasteiger partial charge in [0.2, 0.25) is 0 Å². The Bertz CT molecular complexity index is 666. The molecule has 0 aromatic heterocycles. The van der Waals surface area contributed by atoms with E-state index in [1.807, 2.05) is 13.1 Å². The van der Waals surface area contributed by atoms with Crippen LogP contribution in [0.15, 0.2) is 29.3 Å². The lowest BCUT2D eigenvalue weighted by Crippen LogP contribution is -2.72. The molecule has 2 aliphatic heterocycles. The van der Waals surface area contributed by atoms with Gasteiger partial charge in [-0.15, -0.1) is 24.0 Å². The number of rotatable bonds is 3. The Labute approximate surface area is 172 Å². The molecule has 1 spiro atoms. The van der Waals surface area contributed by atoms with Crippen molar-refractivity contribution in [2.75, 3.05) is 20.2 Å². The zero-order valence-corrected chi connectivity index (χ0v) is 17.6. The normalized spacial score (nSPS) is 33.2. The van der Waals surface area contributed by atoms with Crippen molar-refractivity contribution < 1.29 is 9.47 Å². The summed E-state index contributed by atoms with van der Waals surface area (Å²) in [5.74, 6) is 2.59. The van der Waals surface area contributed by atoms with Crippen molar-refractivity contribution in [2.24, 2.45) is 16.3 Å². The molecule has 5 rings (SSSR count). The third-order valence-electron chi connectivity index (χ3n) is 6.76. The molecule has 26 heavy (non-hydrogen) atoms. The molecule has 2 N–H and O–H groups in total. The first-order valence-corrected chi connectivity index (χ1v) is 9.63. The van der Waals surface area contributed by atoms with Gasteiger partial charge in [0.1, 0.15) is 11.9 Å². The van der Waals surface area contributed by atoms with Gasteiger partial charge in [0.05, 0.1) is 12.6 Å². The standard InChI is InChI=1S/C20H27N3O2.HI/c1-21-19(22-12-14-11-13-5-2-3-6-16(13)25-14)23-17-15-7-10-24-18(15)20(17)8-4-9-20;/h2-3,5-6,14-15,17-18H,4,7-12H2,1H3,(H2,21,22,23);1H. The van der Waals surface area contributed by atoms with Gasteiger partial charge in [-0.05, 0) is 30.9 Å². The predicted octanol–water partition coefficient (Wildman–Crippen LogP) is 2.73. The van der Waals surface area contributed by atoms with Crippen LogP contribution in [-0.2, 0) is 11.2 Å². The molecule has 0 radical (unpaired) electrons. The number of para-hydroxylation sites is 1. The molecule has 0 amide bonds. The van der Waals surface area contributed by atoms with E-state index in [0.717, 1.165) is 31.3 Å². The molecule has 2 heterocycles. The maximum absolute atomic E-state index is 6.02. The molecule has 1 saturated heterocycles. The van der Waals surface area contributed by atoms with Crippen molar-refractivity contribution in [3.63, 3.8) is 0 Å². The van der Waals surface area contributed by atoms with Crippen molar-refractivity contribution in [1.82, 2.24) is 10.6 Å². The van der Waals surface area contributed by atoms with Crippen LogP contribution in [0.1, 0.15) is 31.2 Å². The van der Waals surface area contributed by atoms with Gasteiger partial charge in [0.25, 0.3) is 0 Å². The summed E-state index contributed by atoms with van der Waals surface area (Å²) in [5.41, 5.74) is 1.68. The SMILES string of the molecule is CN=C(NCC1Cc2ccccc2O1)NC1C2CCOC2C12CCC2.I. The number of nitrogens with zero attached hydrogens (tertiary/aromatic N) is 1. The highest BCUT2D eigenvalue weighted by molar-refractivity contribution is 14.0. The minimum atomic E-state index is 0. The minimum Gasteiger partial charge on any atom is -0.488 e. The number of nitrogens with one attached hydrogen (secondary N) is 2. The third kappa shape index (κ3) is 2.80. The van der Waals surface area contributed by atoms with Gasteiger partial charge in [-0.2, -0.15) is 0 Å². The highest BCUT2D eigenvalue weighted by Gasteiger charge is 2.66. The van der Waals surface area contributed by atoms with Crippen LogP contribution >= 0.6 is 24.0 Å². The average Bonchev–Trinajstić information content (AvgIpc) is 3.18. The summed E-state index contributed by atoms with van der Waals surface area (Å²) in [4.78, 5) is 4.46. The fourth-order valence-electron chi connectivity index (χ4n) is 5.38. The Hall–Kier alpha value is -1.02. The van der Waals surface area contributed by atoms with Crippen molar-refractivity contribution in [1.29, 1.82) is 0 Å². The van der Waals surface area contributed by atoms with Crippen LogP contribution in [0.25, 0.3) is 0 Å². The van der Waals surface area contributed by atoms with Gasteiger partial charge in [-0.25, -0.2) is 0 Å². The zero-order valence-electron chi connectivity index (χ0n) is 15.2. The molecule has 0 bridgehead atoms. The molecule has 3 fully saturated rings. The molecule has 4 atom stereocenters. The summed E-state index contributed by atoms with van der Waals surface area (Å²) in [6.07, 6.45) is 6.74. The van der Waals surface area contributed by atoms with E-state index >= 15 is 0 Å². The largest absolute Gasteiger partial charge is 0.488 e.